The van der Waals surface area contributed by atoms with Crippen molar-refractivity contribution in [2.75, 3.05) is 13.1 Å². The summed E-state index contributed by atoms with van der Waals surface area (Å²) in [6, 6.07) is 1.41. The number of ether oxygens (including phenoxy) is 1. The summed E-state index contributed by atoms with van der Waals surface area (Å²) in [4.78, 5) is 0. The normalized spacial score (nSPS) is 44.8. The molecular weight excluding hydrogens is 188 g/mol. The summed E-state index contributed by atoms with van der Waals surface area (Å²) in [6.45, 7) is 11.1. The van der Waals surface area contributed by atoms with Crippen molar-refractivity contribution in [1.29, 1.82) is 0 Å². The van der Waals surface area contributed by atoms with Crippen LogP contribution in [-0.2, 0) is 4.74 Å². The smallest absolute Gasteiger partial charge is 0.0692 e. The fourth-order valence-corrected chi connectivity index (χ4v) is 3.08. The molecule has 0 saturated carbocycles. The summed E-state index contributed by atoms with van der Waals surface area (Å²) in [6.07, 6.45) is 3.41. The summed E-state index contributed by atoms with van der Waals surface area (Å²) in [5.74, 6) is 0. The monoisotopic (exact) mass is 212 g/mol. The highest BCUT2D eigenvalue weighted by molar-refractivity contribution is 4.83. The van der Waals surface area contributed by atoms with Crippen molar-refractivity contribution < 1.29 is 4.74 Å². The van der Waals surface area contributed by atoms with E-state index >= 15 is 0 Å². The van der Waals surface area contributed by atoms with Gasteiger partial charge in [0, 0.05) is 25.2 Å². The lowest BCUT2D eigenvalue weighted by Crippen LogP contribution is -2.56. The number of rotatable bonds is 1. The Bertz CT molecular complexity index is 202. The van der Waals surface area contributed by atoms with Crippen molar-refractivity contribution in [3.05, 3.63) is 0 Å². The number of morpholine rings is 1. The van der Waals surface area contributed by atoms with Gasteiger partial charge in [-0.2, -0.15) is 0 Å². The van der Waals surface area contributed by atoms with Crippen molar-refractivity contribution >= 4 is 0 Å². The minimum atomic E-state index is 0.369. The summed E-state index contributed by atoms with van der Waals surface area (Å²) >= 11 is 0. The van der Waals surface area contributed by atoms with Crippen LogP contribution < -0.4 is 0 Å². The van der Waals surface area contributed by atoms with Gasteiger partial charge in [0.05, 0.1) is 12.2 Å². The molecular formula is C12H24N2O. The fourth-order valence-electron chi connectivity index (χ4n) is 3.08. The predicted octanol–water partition coefficient (Wildman–Crippen LogP) is 1.88. The van der Waals surface area contributed by atoms with Crippen LogP contribution >= 0.6 is 0 Å². The Hall–Kier alpha value is -0.120. The van der Waals surface area contributed by atoms with E-state index in [0.717, 1.165) is 13.1 Å². The van der Waals surface area contributed by atoms with E-state index in [1.807, 2.05) is 0 Å². The zero-order valence-electron chi connectivity index (χ0n) is 10.4. The Labute approximate surface area is 93.3 Å². The molecule has 3 nitrogen and oxygen atoms in total. The van der Waals surface area contributed by atoms with Gasteiger partial charge >= 0.3 is 0 Å². The molecule has 0 unspecified atom stereocenters. The second kappa shape index (κ2) is 4.40. The molecule has 2 aliphatic rings. The standard InChI is InChI=1S/C12H24N2O/c1-9-5-6-10(2)14(9)13-7-11(3)15-12(4)8-13/h9-12H,5-8H2,1-4H3/t9-,10-,11+,12+/m0/s1. The number of hydrazine groups is 1. The Balaban J connectivity index is 2.02. The van der Waals surface area contributed by atoms with E-state index in [9.17, 15) is 0 Å². The zero-order chi connectivity index (χ0) is 11.0. The first-order chi connectivity index (χ1) is 7.08. The molecule has 4 atom stereocenters. The molecule has 88 valence electrons. The molecule has 2 rings (SSSR count). The van der Waals surface area contributed by atoms with E-state index in [-0.39, 0.29) is 0 Å². The van der Waals surface area contributed by atoms with Gasteiger partial charge in [0.25, 0.3) is 0 Å². The molecule has 2 heterocycles. The first-order valence-corrected chi connectivity index (χ1v) is 6.26. The Kier molecular flexibility index (Phi) is 3.33. The van der Waals surface area contributed by atoms with Gasteiger partial charge in [-0.05, 0) is 40.5 Å². The van der Waals surface area contributed by atoms with Gasteiger partial charge in [0.2, 0.25) is 0 Å². The van der Waals surface area contributed by atoms with Crippen LogP contribution in [0.25, 0.3) is 0 Å². The summed E-state index contributed by atoms with van der Waals surface area (Å²) in [5, 5.41) is 5.09. The predicted molar refractivity (Wildman–Crippen MR) is 61.6 cm³/mol. The minimum Gasteiger partial charge on any atom is -0.373 e. The van der Waals surface area contributed by atoms with Crippen LogP contribution in [0.5, 0.6) is 0 Å². The molecule has 0 aromatic heterocycles. The Morgan fingerprint density at radius 2 is 1.33 bits per heavy atom. The van der Waals surface area contributed by atoms with E-state index in [1.165, 1.54) is 12.8 Å². The van der Waals surface area contributed by atoms with Crippen molar-refractivity contribution in [3.8, 4) is 0 Å². The Morgan fingerprint density at radius 3 is 1.80 bits per heavy atom. The average Bonchev–Trinajstić information content (AvgIpc) is 2.44. The van der Waals surface area contributed by atoms with E-state index in [0.29, 0.717) is 24.3 Å². The summed E-state index contributed by atoms with van der Waals surface area (Å²) in [5.41, 5.74) is 0. The van der Waals surface area contributed by atoms with Crippen LogP contribution in [-0.4, -0.2) is 47.4 Å². The van der Waals surface area contributed by atoms with Crippen molar-refractivity contribution in [2.24, 2.45) is 0 Å². The van der Waals surface area contributed by atoms with Gasteiger partial charge in [-0.15, -0.1) is 0 Å². The van der Waals surface area contributed by atoms with Crippen LogP contribution in [0.4, 0.5) is 0 Å². The van der Waals surface area contributed by atoms with Crippen LogP contribution in [0.2, 0.25) is 0 Å². The van der Waals surface area contributed by atoms with Gasteiger partial charge in [0.15, 0.2) is 0 Å². The molecule has 0 aliphatic carbocycles. The highest BCUT2D eigenvalue weighted by atomic mass is 16.5. The van der Waals surface area contributed by atoms with Crippen LogP contribution in [0.1, 0.15) is 40.5 Å². The first-order valence-electron chi connectivity index (χ1n) is 6.26. The van der Waals surface area contributed by atoms with E-state index < -0.39 is 0 Å². The lowest BCUT2D eigenvalue weighted by atomic mass is 10.2. The first kappa shape index (κ1) is 11.4. The second-order valence-electron chi connectivity index (χ2n) is 5.28. The maximum Gasteiger partial charge on any atom is 0.0692 e. The van der Waals surface area contributed by atoms with E-state index in [4.69, 9.17) is 4.74 Å². The van der Waals surface area contributed by atoms with Gasteiger partial charge in [-0.3, -0.25) is 0 Å². The van der Waals surface area contributed by atoms with Crippen molar-refractivity contribution in [3.63, 3.8) is 0 Å². The van der Waals surface area contributed by atoms with E-state index in [2.05, 4.69) is 37.7 Å². The molecule has 0 aromatic rings. The lowest BCUT2D eigenvalue weighted by molar-refractivity contribution is -0.160. The summed E-state index contributed by atoms with van der Waals surface area (Å²) < 4.78 is 5.78. The van der Waals surface area contributed by atoms with Gasteiger partial charge in [-0.25, -0.2) is 10.0 Å². The molecule has 15 heavy (non-hydrogen) atoms. The second-order valence-corrected chi connectivity index (χ2v) is 5.28. The molecule has 2 fully saturated rings. The SMILES string of the molecule is C[C@@H]1CN(N2[C@@H](C)CC[C@@H]2C)C[C@@H](C)O1. The molecule has 0 radical (unpaired) electrons. The highest BCUT2D eigenvalue weighted by Gasteiger charge is 2.35. The quantitative estimate of drug-likeness (QED) is 0.660. The van der Waals surface area contributed by atoms with Crippen molar-refractivity contribution in [2.45, 2.75) is 64.8 Å². The number of hydrogen-bond acceptors (Lipinski definition) is 3. The lowest BCUT2D eigenvalue weighted by Gasteiger charge is -2.44. The molecule has 0 amide bonds. The third kappa shape index (κ3) is 2.35. The van der Waals surface area contributed by atoms with Crippen molar-refractivity contribution in [1.82, 2.24) is 10.0 Å². The fraction of sp³-hybridized carbons (Fsp3) is 1.00. The minimum absolute atomic E-state index is 0.369. The van der Waals surface area contributed by atoms with Gasteiger partial charge in [0.1, 0.15) is 0 Å². The molecule has 0 bridgehead atoms. The summed E-state index contributed by atoms with van der Waals surface area (Å²) in [7, 11) is 0. The zero-order valence-corrected chi connectivity index (χ0v) is 10.4. The molecule has 0 spiro atoms. The Morgan fingerprint density at radius 1 is 0.867 bits per heavy atom. The van der Waals surface area contributed by atoms with Gasteiger partial charge in [-0.1, -0.05) is 0 Å². The maximum absolute atomic E-state index is 5.78. The molecule has 0 N–H and O–H groups in total. The molecule has 2 aliphatic heterocycles. The van der Waals surface area contributed by atoms with Crippen LogP contribution in [0.15, 0.2) is 0 Å². The topological polar surface area (TPSA) is 15.7 Å². The van der Waals surface area contributed by atoms with Crippen LogP contribution in [0, 0.1) is 0 Å². The third-order valence-corrected chi connectivity index (χ3v) is 3.63. The average molecular weight is 212 g/mol. The maximum atomic E-state index is 5.78. The third-order valence-electron chi connectivity index (χ3n) is 3.63. The van der Waals surface area contributed by atoms with Crippen LogP contribution in [0.3, 0.4) is 0 Å². The number of nitrogens with zero attached hydrogens (tertiary/aromatic N) is 2. The molecule has 0 aromatic carbocycles. The molecule has 2 saturated heterocycles. The number of hydrogen-bond donors (Lipinski definition) is 0. The van der Waals surface area contributed by atoms with E-state index in [1.54, 1.807) is 0 Å². The largest absolute Gasteiger partial charge is 0.373 e. The highest BCUT2D eigenvalue weighted by Crippen LogP contribution is 2.27. The molecule has 3 heteroatoms. The van der Waals surface area contributed by atoms with Gasteiger partial charge < -0.3 is 4.74 Å².